The molecule has 0 aromatic heterocycles. The third-order valence-electron chi connectivity index (χ3n) is 4.94. The molecule has 0 spiro atoms. The molecule has 0 bridgehead atoms. The maximum atomic E-state index is 12.8. The smallest absolute Gasteiger partial charge is 0.326 e. The Balaban J connectivity index is 2.71. The van der Waals surface area contributed by atoms with Gasteiger partial charge in [-0.1, -0.05) is 27.7 Å². The Morgan fingerprint density at radius 1 is 1.00 bits per heavy atom. The number of likely N-dealkylation sites (tertiary alicyclic amines) is 1. The van der Waals surface area contributed by atoms with Crippen molar-refractivity contribution in [2.24, 2.45) is 17.6 Å². The number of nitrogens with two attached hydrogens (primary N) is 1. The zero-order chi connectivity index (χ0) is 23.0. The van der Waals surface area contributed by atoms with Crippen LogP contribution in [0.1, 0.15) is 40.5 Å². The van der Waals surface area contributed by atoms with Crippen molar-refractivity contribution in [1.82, 2.24) is 20.9 Å². The summed E-state index contributed by atoms with van der Waals surface area (Å²) < 4.78 is 0. The summed E-state index contributed by atoms with van der Waals surface area (Å²) in [6.07, 6.45) is 0.962. The van der Waals surface area contributed by atoms with Gasteiger partial charge in [-0.2, -0.15) is 0 Å². The van der Waals surface area contributed by atoms with Crippen LogP contribution in [0, 0.1) is 11.8 Å². The van der Waals surface area contributed by atoms with Crippen molar-refractivity contribution in [2.75, 3.05) is 19.6 Å². The highest BCUT2D eigenvalue weighted by Gasteiger charge is 2.38. The van der Waals surface area contributed by atoms with Gasteiger partial charge in [0.05, 0.1) is 13.1 Å². The monoisotopic (exact) mass is 427 g/mol. The molecule has 1 aliphatic rings. The predicted octanol–water partition coefficient (Wildman–Crippen LogP) is -1.58. The molecule has 1 rings (SSSR count). The van der Waals surface area contributed by atoms with Crippen LogP contribution in [-0.2, 0) is 24.0 Å². The summed E-state index contributed by atoms with van der Waals surface area (Å²) in [7, 11) is 0. The Morgan fingerprint density at radius 2 is 1.57 bits per heavy atom. The van der Waals surface area contributed by atoms with Gasteiger partial charge in [0.15, 0.2) is 0 Å². The van der Waals surface area contributed by atoms with Crippen molar-refractivity contribution in [1.29, 1.82) is 0 Å². The molecular weight excluding hydrogens is 394 g/mol. The zero-order valence-electron chi connectivity index (χ0n) is 17.9. The van der Waals surface area contributed by atoms with Crippen LogP contribution in [0.3, 0.4) is 0 Å². The quantitative estimate of drug-likeness (QED) is 0.280. The lowest BCUT2D eigenvalue weighted by molar-refractivity contribution is -0.150. The standard InChI is InChI=1S/C19H33N5O6/c1-10(2)15(22-13(25)8-20)17(27)21-9-14(26)23-16(11(3)4)18(28)24-7-5-6-12(24)19(29)30/h10-12,15-16H,5-9,20H2,1-4H3,(H,21,27)(H,22,25)(H,23,26)(H,29,30)/t12-,15-,16-/m0/s1. The maximum absolute atomic E-state index is 12.8. The number of carbonyl (C=O) groups is 5. The number of hydrogen-bond donors (Lipinski definition) is 5. The molecule has 0 aliphatic carbocycles. The molecule has 3 atom stereocenters. The second kappa shape index (κ2) is 11.5. The second-order valence-electron chi connectivity index (χ2n) is 8.03. The van der Waals surface area contributed by atoms with Crippen molar-refractivity contribution >= 4 is 29.6 Å². The number of carboxylic acids is 1. The maximum Gasteiger partial charge on any atom is 0.326 e. The number of nitrogens with one attached hydrogen (secondary N) is 3. The molecular formula is C19H33N5O6. The minimum atomic E-state index is -1.07. The van der Waals surface area contributed by atoms with Crippen LogP contribution in [0.25, 0.3) is 0 Å². The van der Waals surface area contributed by atoms with Crippen molar-refractivity contribution < 1.29 is 29.1 Å². The van der Waals surface area contributed by atoms with Crippen LogP contribution in [-0.4, -0.2) is 77.4 Å². The Bertz CT molecular complexity index is 666. The Labute approximate surface area is 176 Å². The molecule has 0 radical (unpaired) electrons. The van der Waals surface area contributed by atoms with Gasteiger partial charge in [-0.25, -0.2) is 4.79 Å². The lowest BCUT2D eigenvalue weighted by Gasteiger charge is -2.29. The SMILES string of the molecule is CC(C)[C@H](NC(=O)CN)C(=O)NCC(=O)N[C@H](C(=O)N1CCC[C@H]1C(=O)O)C(C)C. The summed E-state index contributed by atoms with van der Waals surface area (Å²) in [5, 5.41) is 16.8. The molecule has 6 N–H and O–H groups in total. The molecule has 1 aliphatic heterocycles. The highest BCUT2D eigenvalue weighted by molar-refractivity contribution is 5.94. The Kier molecular flexibility index (Phi) is 9.70. The first-order chi connectivity index (χ1) is 14.0. The molecule has 30 heavy (non-hydrogen) atoms. The summed E-state index contributed by atoms with van der Waals surface area (Å²) in [6, 6.07) is -2.65. The van der Waals surface area contributed by atoms with E-state index in [-0.39, 0.29) is 24.9 Å². The summed E-state index contributed by atoms with van der Waals surface area (Å²) in [6.45, 7) is 6.63. The van der Waals surface area contributed by atoms with E-state index >= 15 is 0 Å². The molecule has 170 valence electrons. The largest absolute Gasteiger partial charge is 0.480 e. The molecule has 0 aromatic rings. The summed E-state index contributed by atoms with van der Waals surface area (Å²) in [5.74, 6) is -3.64. The minimum Gasteiger partial charge on any atom is -0.480 e. The first kappa shape index (κ1) is 25.3. The Hall–Kier alpha value is -2.69. The number of nitrogens with zero attached hydrogens (tertiary/aromatic N) is 1. The molecule has 1 heterocycles. The van der Waals surface area contributed by atoms with E-state index in [0.29, 0.717) is 19.4 Å². The van der Waals surface area contributed by atoms with Crippen LogP contribution in [0.5, 0.6) is 0 Å². The zero-order valence-corrected chi connectivity index (χ0v) is 17.9. The van der Waals surface area contributed by atoms with Crippen molar-refractivity contribution in [3.8, 4) is 0 Å². The molecule has 1 fully saturated rings. The fraction of sp³-hybridized carbons (Fsp3) is 0.737. The number of amides is 4. The minimum absolute atomic E-state index is 0.225. The van der Waals surface area contributed by atoms with E-state index in [1.54, 1.807) is 27.7 Å². The predicted molar refractivity (Wildman–Crippen MR) is 108 cm³/mol. The van der Waals surface area contributed by atoms with Gasteiger partial charge in [0.1, 0.15) is 18.1 Å². The van der Waals surface area contributed by atoms with Gasteiger partial charge in [0.25, 0.3) is 0 Å². The normalized spacial score (nSPS) is 18.1. The molecule has 11 nitrogen and oxygen atoms in total. The summed E-state index contributed by atoms with van der Waals surface area (Å²) in [5.41, 5.74) is 5.25. The van der Waals surface area contributed by atoms with Gasteiger partial charge in [0, 0.05) is 6.54 Å². The topological polar surface area (TPSA) is 171 Å². The lowest BCUT2D eigenvalue weighted by Crippen LogP contribution is -2.56. The van der Waals surface area contributed by atoms with E-state index in [9.17, 15) is 29.1 Å². The van der Waals surface area contributed by atoms with E-state index in [2.05, 4.69) is 16.0 Å². The first-order valence-electron chi connectivity index (χ1n) is 10.1. The van der Waals surface area contributed by atoms with Crippen LogP contribution < -0.4 is 21.7 Å². The Morgan fingerprint density at radius 3 is 2.07 bits per heavy atom. The number of aliphatic carboxylic acids is 1. The molecule has 4 amide bonds. The highest BCUT2D eigenvalue weighted by Crippen LogP contribution is 2.20. The summed E-state index contributed by atoms with van der Waals surface area (Å²) >= 11 is 0. The van der Waals surface area contributed by atoms with Gasteiger partial charge >= 0.3 is 5.97 Å². The van der Waals surface area contributed by atoms with E-state index in [1.165, 1.54) is 4.90 Å². The highest BCUT2D eigenvalue weighted by atomic mass is 16.4. The second-order valence-corrected chi connectivity index (χ2v) is 8.03. The van der Waals surface area contributed by atoms with Crippen LogP contribution >= 0.6 is 0 Å². The van der Waals surface area contributed by atoms with Crippen LogP contribution in [0.15, 0.2) is 0 Å². The van der Waals surface area contributed by atoms with Crippen LogP contribution in [0.4, 0.5) is 0 Å². The molecule has 11 heteroatoms. The van der Waals surface area contributed by atoms with Gasteiger partial charge < -0.3 is 31.7 Å². The number of carboxylic acid groups (broad SMARTS) is 1. The average Bonchev–Trinajstić information content (AvgIpc) is 3.17. The van der Waals surface area contributed by atoms with Gasteiger partial charge in [-0.15, -0.1) is 0 Å². The van der Waals surface area contributed by atoms with E-state index < -0.39 is 47.7 Å². The third kappa shape index (κ3) is 6.97. The summed E-state index contributed by atoms with van der Waals surface area (Å²) in [4.78, 5) is 61.6. The van der Waals surface area contributed by atoms with Gasteiger partial charge in [-0.05, 0) is 24.7 Å². The molecule has 0 aromatic carbocycles. The number of hydrogen-bond acceptors (Lipinski definition) is 6. The fourth-order valence-electron chi connectivity index (χ4n) is 3.25. The van der Waals surface area contributed by atoms with Gasteiger partial charge in [-0.3, -0.25) is 19.2 Å². The van der Waals surface area contributed by atoms with Gasteiger partial charge in [0.2, 0.25) is 23.6 Å². The third-order valence-corrected chi connectivity index (χ3v) is 4.94. The van der Waals surface area contributed by atoms with Crippen LogP contribution in [0.2, 0.25) is 0 Å². The lowest BCUT2D eigenvalue weighted by atomic mass is 10.0. The fourth-order valence-corrected chi connectivity index (χ4v) is 3.25. The molecule has 0 saturated carbocycles. The molecule has 1 saturated heterocycles. The number of carbonyl (C=O) groups excluding carboxylic acids is 4. The van der Waals surface area contributed by atoms with Crippen molar-refractivity contribution in [3.63, 3.8) is 0 Å². The van der Waals surface area contributed by atoms with E-state index in [1.807, 2.05) is 0 Å². The van der Waals surface area contributed by atoms with Crippen molar-refractivity contribution in [2.45, 2.75) is 58.7 Å². The molecule has 0 unspecified atom stereocenters. The average molecular weight is 428 g/mol. The van der Waals surface area contributed by atoms with Crippen molar-refractivity contribution in [3.05, 3.63) is 0 Å². The van der Waals surface area contributed by atoms with E-state index in [0.717, 1.165) is 0 Å². The van der Waals surface area contributed by atoms with E-state index in [4.69, 9.17) is 5.73 Å². The first-order valence-corrected chi connectivity index (χ1v) is 10.1. The number of rotatable bonds is 10.